The highest BCUT2D eigenvalue weighted by atomic mass is 19.4. The molecule has 2 atom stereocenters. The van der Waals surface area contributed by atoms with Crippen molar-refractivity contribution in [1.82, 2.24) is 0 Å². The molecule has 156 valence electrons. The molecule has 0 aliphatic carbocycles. The summed E-state index contributed by atoms with van der Waals surface area (Å²) in [7, 11) is 1.32. The maximum Gasteiger partial charge on any atom is 0.427 e. The SMILES string of the molecule is COC(=O)C[C@H](C)[C@H]1CNc2cc(NC(=O)OC(C)(C)C(F)(F)F)ccc2O1. The first-order chi connectivity index (χ1) is 12.9. The number of rotatable bonds is 5. The number of carbonyl (C=O) groups is 2. The summed E-state index contributed by atoms with van der Waals surface area (Å²) < 4.78 is 53.4. The lowest BCUT2D eigenvalue weighted by atomic mass is 9.99. The van der Waals surface area contributed by atoms with Gasteiger partial charge in [-0.15, -0.1) is 0 Å². The predicted octanol–water partition coefficient (Wildman–Crippen LogP) is 3.95. The Morgan fingerprint density at radius 2 is 2.04 bits per heavy atom. The molecule has 7 nitrogen and oxygen atoms in total. The quantitative estimate of drug-likeness (QED) is 0.723. The molecule has 2 N–H and O–H groups in total. The monoisotopic (exact) mass is 404 g/mol. The summed E-state index contributed by atoms with van der Waals surface area (Å²) in [6.07, 6.45) is -5.96. The molecule has 0 bridgehead atoms. The number of fused-ring (bicyclic) bond motifs is 1. The molecule has 0 aromatic heterocycles. The normalized spacial score (nSPS) is 17.5. The molecule has 2 rings (SSSR count). The van der Waals surface area contributed by atoms with Crippen LogP contribution in [-0.2, 0) is 14.3 Å². The van der Waals surface area contributed by atoms with Gasteiger partial charge in [0.05, 0.1) is 25.8 Å². The molecule has 1 aromatic carbocycles. The minimum Gasteiger partial charge on any atom is -0.486 e. The number of carbonyl (C=O) groups excluding carboxylic acids is 2. The number of esters is 1. The molecule has 1 amide bonds. The van der Waals surface area contributed by atoms with Crippen molar-refractivity contribution in [3.05, 3.63) is 18.2 Å². The lowest BCUT2D eigenvalue weighted by Gasteiger charge is -2.31. The van der Waals surface area contributed by atoms with E-state index in [0.29, 0.717) is 18.0 Å². The van der Waals surface area contributed by atoms with Gasteiger partial charge in [0, 0.05) is 11.6 Å². The summed E-state index contributed by atoms with van der Waals surface area (Å²) in [6, 6.07) is 4.58. The lowest BCUT2D eigenvalue weighted by molar-refractivity contribution is -0.242. The van der Waals surface area contributed by atoms with E-state index in [0.717, 1.165) is 13.8 Å². The van der Waals surface area contributed by atoms with Crippen LogP contribution in [0.2, 0.25) is 0 Å². The first-order valence-electron chi connectivity index (χ1n) is 8.61. The molecule has 0 saturated heterocycles. The summed E-state index contributed by atoms with van der Waals surface area (Å²) in [5, 5.41) is 5.39. The molecule has 0 spiro atoms. The minimum absolute atomic E-state index is 0.0921. The fourth-order valence-corrected chi connectivity index (χ4v) is 2.49. The molecule has 0 unspecified atom stereocenters. The molecule has 0 saturated carbocycles. The fourth-order valence-electron chi connectivity index (χ4n) is 2.49. The molecule has 28 heavy (non-hydrogen) atoms. The molecular formula is C18H23F3N2O5. The summed E-state index contributed by atoms with van der Waals surface area (Å²) in [4.78, 5) is 23.2. The highest BCUT2D eigenvalue weighted by molar-refractivity contribution is 5.86. The fraction of sp³-hybridized carbons (Fsp3) is 0.556. The van der Waals surface area contributed by atoms with Gasteiger partial charge in [-0.05, 0) is 32.0 Å². The average Bonchev–Trinajstić information content (AvgIpc) is 2.59. The highest BCUT2D eigenvalue weighted by Gasteiger charge is 2.51. The van der Waals surface area contributed by atoms with Crippen LogP contribution in [0.1, 0.15) is 27.2 Å². The Morgan fingerprint density at radius 3 is 2.64 bits per heavy atom. The second kappa shape index (κ2) is 8.15. The Morgan fingerprint density at radius 1 is 1.36 bits per heavy atom. The van der Waals surface area contributed by atoms with Crippen molar-refractivity contribution in [3.63, 3.8) is 0 Å². The Hall–Kier alpha value is -2.65. The van der Waals surface area contributed by atoms with Crippen molar-refractivity contribution < 1.29 is 37.0 Å². The molecule has 1 aromatic rings. The lowest BCUT2D eigenvalue weighted by Crippen LogP contribution is -2.44. The van der Waals surface area contributed by atoms with Gasteiger partial charge in [0.25, 0.3) is 0 Å². The Labute approximate surface area is 160 Å². The third-order valence-corrected chi connectivity index (χ3v) is 4.38. The van der Waals surface area contributed by atoms with Crippen LogP contribution >= 0.6 is 0 Å². The predicted molar refractivity (Wildman–Crippen MR) is 95.4 cm³/mol. The van der Waals surface area contributed by atoms with E-state index >= 15 is 0 Å². The number of anilines is 2. The third kappa shape index (κ3) is 5.20. The van der Waals surface area contributed by atoms with Crippen molar-refractivity contribution in [2.24, 2.45) is 5.92 Å². The molecule has 1 aliphatic heterocycles. The van der Waals surface area contributed by atoms with Gasteiger partial charge in [-0.1, -0.05) is 6.92 Å². The number of nitrogens with one attached hydrogen (secondary N) is 2. The zero-order chi connectivity index (χ0) is 21.1. The molecule has 0 fully saturated rings. The number of hydrogen-bond acceptors (Lipinski definition) is 6. The van der Waals surface area contributed by atoms with Crippen LogP contribution in [0.15, 0.2) is 18.2 Å². The number of alkyl halides is 3. The summed E-state index contributed by atoms with van der Waals surface area (Å²) in [6.45, 7) is 3.82. The van der Waals surface area contributed by atoms with E-state index in [1.807, 2.05) is 6.92 Å². The van der Waals surface area contributed by atoms with E-state index in [1.54, 1.807) is 6.07 Å². The molecule has 10 heteroatoms. The molecule has 0 radical (unpaired) electrons. The van der Waals surface area contributed by atoms with Crippen LogP contribution in [0.5, 0.6) is 5.75 Å². The minimum atomic E-state index is -4.69. The number of benzene rings is 1. The second-order valence-electron chi connectivity index (χ2n) is 7.03. The van der Waals surface area contributed by atoms with E-state index in [1.165, 1.54) is 19.2 Å². The van der Waals surface area contributed by atoms with Crippen molar-refractivity contribution in [3.8, 4) is 5.75 Å². The van der Waals surface area contributed by atoms with Gasteiger partial charge in [-0.3, -0.25) is 10.1 Å². The number of methoxy groups -OCH3 is 1. The maximum atomic E-state index is 12.8. The van der Waals surface area contributed by atoms with Gasteiger partial charge in [0.15, 0.2) is 0 Å². The first-order valence-corrected chi connectivity index (χ1v) is 8.61. The number of amides is 1. The third-order valence-electron chi connectivity index (χ3n) is 4.38. The number of ether oxygens (including phenoxy) is 3. The Balaban J connectivity index is 2.00. The van der Waals surface area contributed by atoms with Crippen LogP contribution in [-0.4, -0.2) is 43.6 Å². The number of halogens is 3. The standard InChI is InChI=1S/C18H23F3N2O5/c1-10(7-15(24)26-4)14-9-22-12-8-11(5-6-13(12)27-14)23-16(25)28-17(2,3)18(19,20)21/h5-6,8,10,14,22H,7,9H2,1-4H3,(H,23,25)/t10-,14+/m0/s1. The van der Waals surface area contributed by atoms with E-state index in [-0.39, 0.29) is 30.1 Å². The van der Waals surface area contributed by atoms with Crippen LogP contribution in [0.25, 0.3) is 0 Å². The summed E-state index contributed by atoms with van der Waals surface area (Å²) >= 11 is 0. The largest absolute Gasteiger partial charge is 0.486 e. The zero-order valence-electron chi connectivity index (χ0n) is 16.0. The van der Waals surface area contributed by atoms with Crippen molar-refractivity contribution in [2.45, 2.75) is 45.1 Å². The second-order valence-corrected chi connectivity index (χ2v) is 7.03. The van der Waals surface area contributed by atoms with E-state index in [2.05, 4.69) is 20.1 Å². The number of hydrogen-bond donors (Lipinski definition) is 2. The van der Waals surface area contributed by atoms with Gasteiger partial charge in [-0.25, -0.2) is 4.79 Å². The topological polar surface area (TPSA) is 85.9 Å². The van der Waals surface area contributed by atoms with E-state index in [9.17, 15) is 22.8 Å². The Bertz CT molecular complexity index is 736. The van der Waals surface area contributed by atoms with Gasteiger partial charge >= 0.3 is 18.2 Å². The Kier molecular flexibility index (Phi) is 6.30. The van der Waals surface area contributed by atoms with Crippen LogP contribution in [0.4, 0.5) is 29.3 Å². The van der Waals surface area contributed by atoms with E-state index in [4.69, 9.17) is 4.74 Å². The first kappa shape index (κ1) is 21.6. The highest BCUT2D eigenvalue weighted by Crippen LogP contribution is 2.35. The van der Waals surface area contributed by atoms with Crippen molar-refractivity contribution in [2.75, 3.05) is 24.3 Å². The van der Waals surface area contributed by atoms with Crippen LogP contribution in [0, 0.1) is 5.92 Å². The maximum absolute atomic E-state index is 12.8. The molecular weight excluding hydrogens is 381 g/mol. The van der Waals surface area contributed by atoms with Gasteiger partial charge < -0.3 is 19.5 Å². The summed E-state index contributed by atoms with van der Waals surface area (Å²) in [5.41, 5.74) is -1.80. The van der Waals surface area contributed by atoms with Gasteiger partial charge in [0.1, 0.15) is 11.9 Å². The zero-order valence-corrected chi connectivity index (χ0v) is 16.0. The van der Waals surface area contributed by atoms with Crippen molar-refractivity contribution >= 4 is 23.4 Å². The van der Waals surface area contributed by atoms with Gasteiger partial charge in [0.2, 0.25) is 5.60 Å². The smallest absolute Gasteiger partial charge is 0.427 e. The molecule has 1 aliphatic rings. The van der Waals surface area contributed by atoms with Crippen LogP contribution in [0.3, 0.4) is 0 Å². The summed E-state index contributed by atoms with van der Waals surface area (Å²) in [5.74, 6) is 0.0784. The molecule has 1 heterocycles. The van der Waals surface area contributed by atoms with Crippen LogP contribution < -0.4 is 15.4 Å². The van der Waals surface area contributed by atoms with Crippen molar-refractivity contribution in [1.29, 1.82) is 0 Å². The average molecular weight is 404 g/mol. The van der Waals surface area contributed by atoms with Gasteiger partial charge in [-0.2, -0.15) is 13.2 Å². The van der Waals surface area contributed by atoms with E-state index < -0.39 is 17.9 Å².